The van der Waals surface area contributed by atoms with Crippen molar-refractivity contribution < 1.29 is 9.59 Å². The fourth-order valence-electron chi connectivity index (χ4n) is 4.88. The van der Waals surface area contributed by atoms with Crippen LogP contribution in [0.3, 0.4) is 0 Å². The number of para-hydroxylation sites is 1. The van der Waals surface area contributed by atoms with Crippen molar-refractivity contribution in [1.29, 1.82) is 0 Å². The molecule has 1 N–H and O–H groups in total. The van der Waals surface area contributed by atoms with Crippen molar-refractivity contribution in [2.24, 2.45) is 5.41 Å². The summed E-state index contributed by atoms with van der Waals surface area (Å²) in [7, 11) is 0. The summed E-state index contributed by atoms with van der Waals surface area (Å²) in [5.74, 6) is -0.277. The third-order valence-electron chi connectivity index (χ3n) is 6.20. The molecule has 4 aliphatic rings. The molecule has 1 aromatic carbocycles. The highest BCUT2D eigenvalue weighted by Gasteiger charge is 2.62. The molecule has 130 valence electrons. The molecule has 2 amide bonds. The molecule has 1 saturated carbocycles. The monoisotopic (exact) mass is 355 g/mol. The highest BCUT2D eigenvalue weighted by atomic mass is 32.1. The largest absolute Gasteiger partial charge is 0.367 e. The fraction of sp³-hybridized carbons (Fsp3) is 0.526. The number of benzene rings is 1. The number of fused-ring (bicyclic) bond motifs is 4. The Morgan fingerprint density at radius 2 is 1.92 bits per heavy atom. The molecule has 25 heavy (non-hydrogen) atoms. The average Bonchev–Trinajstić information content (AvgIpc) is 3.45. The molecule has 1 aliphatic carbocycles. The van der Waals surface area contributed by atoms with Crippen molar-refractivity contribution in [1.82, 2.24) is 10.2 Å². The molecule has 0 bridgehead atoms. The van der Waals surface area contributed by atoms with E-state index in [4.69, 9.17) is 12.2 Å². The van der Waals surface area contributed by atoms with Gasteiger partial charge in [0.15, 0.2) is 10.5 Å². The Kier molecular flexibility index (Phi) is 3.23. The minimum atomic E-state index is -1.04. The van der Waals surface area contributed by atoms with E-state index in [0.29, 0.717) is 11.5 Å². The van der Waals surface area contributed by atoms with Crippen LogP contribution in [0.2, 0.25) is 0 Å². The van der Waals surface area contributed by atoms with E-state index in [1.165, 1.54) is 5.69 Å². The smallest absolute Gasteiger partial charge is 0.247 e. The fourth-order valence-corrected chi connectivity index (χ4v) is 5.20. The molecule has 2 atom stereocenters. The lowest BCUT2D eigenvalue weighted by atomic mass is 9.66. The number of hydrogen-bond acceptors (Lipinski definition) is 4. The van der Waals surface area contributed by atoms with Gasteiger partial charge in [-0.15, -0.1) is 0 Å². The van der Waals surface area contributed by atoms with Gasteiger partial charge < -0.3 is 10.2 Å². The van der Waals surface area contributed by atoms with Crippen LogP contribution in [0.25, 0.3) is 0 Å². The number of piperidine rings is 1. The van der Waals surface area contributed by atoms with Crippen molar-refractivity contribution in [3.8, 4) is 0 Å². The minimum Gasteiger partial charge on any atom is -0.367 e. The standard InChI is InChI=1S/C19H21N3O2S/c23-16-19(17(24)22(13-8-9-13)18(25)20-16)11-12-5-1-2-6-14(12)21-10-4-3-7-15(19)21/h1-2,5-6,13,15H,3-4,7-11H2,(H,20,23,25)/t15-,19+/m1/s1. The van der Waals surface area contributed by atoms with E-state index in [1.54, 1.807) is 4.90 Å². The molecule has 3 aliphatic heterocycles. The van der Waals surface area contributed by atoms with Gasteiger partial charge in [-0.1, -0.05) is 18.2 Å². The Morgan fingerprint density at radius 1 is 1.12 bits per heavy atom. The molecule has 2 saturated heterocycles. The lowest BCUT2D eigenvalue weighted by molar-refractivity contribution is -0.153. The average molecular weight is 355 g/mol. The summed E-state index contributed by atoms with van der Waals surface area (Å²) in [4.78, 5) is 30.8. The molecule has 0 radical (unpaired) electrons. The molecule has 0 unspecified atom stereocenters. The number of hydrogen-bond donors (Lipinski definition) is 1. The Balaban J connectivity index is 1.66. The molecule has 1 spiro atoms. The van der Waals surface area contributed by atoms with Crippen molar-refractivity contribution >= 4 is 34.8 Å². The number of nitrogens with one attached hydrogen (secondary N) is 1. The predicted molar refractivity (Wildman–Crippen MR) is 98.2 cm³/mol. The molecule has 0 aromatic heterocycles. The molecule has 5 rings (SSSR count). The van der Waals surface area contributed by atoms with Crippen molar-refractivity contribution in [3.05, 3.63) is 29.8 Å². The second-order valence-corrected chi connectivity index (χ2v) is 8.03. The molecule has 5 nitrogen and oxygen atoms in total. The van der Waals surface area contributed by atoms with Gasteiger partial charge in [-0.25, -0.2) is 0 Å². The van der Waals surface area contributed by atoms with Crippen LogP contribution in [0.15, 0.2) is 24.3 Å². The predicted octanol–water partition coefficient (Wildman–Crippen LogP) is 1.99. The van der Waals surface area contributed by atoms with E-state index < -0.39 is 5.41 Å². The van der Waals surface area contributed by atoms with Crippen LogP contribution in [0.1, 0.15) is 37.7 Å². The van der Waals surface area contributed by atoms with Gasteiger partial charge in [0.1, 0.15) is 0 Å². The summed E-state index contributed by atoms with van der Waals surface area (Å²) in [6, 6.07) is 8.30. The summed E-state index contributed by atoms with van der Waals surface area (Å²) >= 11 is 5.33. The van der Waals surface area contributed by atoms with Crippen LogP contribution in [-0.4, -0.2) is 40.5 Å². The third kappa shape index (κ3) is 2.03. The number of anilines is 1. The van der Waals surface area contributed by atoms with E-state index >= 15 is 0 Å². The zero-order valence-corrected chi connectivity index (χ0v) is 14.8. The van der Waals surface area contributed by atoms with Gasteiger partial charge in [0.05, 0.1) is 6.04 Å². The van der Waals surface area contributed by atoms with Crippen molar-refractivity contribution in [2.75, 3.05) is 11.4 Å². The quantitative estimate of drug-likeness (QED) is 0.618. The molecular weight excluding hydrogens is 334 g/mol. The first-order chi connectivity index (χ1) is 12.1. The zero-order chi connectivity index (χ0) is 17.2. The first-order valence-electron chi connectivity index (χ1n) is 9.16. The van der Waals surface area contributed by atoms with Crippen LogP contribution in [0.5, 0.6) is 0 Å². The van der Waals surface area contributed by atoms with Crippen molar-refractivity contribution in [2.45, 2.75) is 50.6 Å². The van der Waals surface area contributed by atoms with Gasteiger partial charge in [0.25, 0.3) is 0 Å². The second-order valence-electron chi connectivity index (χ2n) is 7.65. The third-order valence-corrected chi connectivity index (χ3v) is 6.50. The van der Waals surface area contributed by atoms with Crippen LogP contribution in [0, 0.1) is 5.41 Å². The summed E-state index contributed by atoms with van der Waals surface area (Å²) in [6.45, 7) is 0.901. The van der Waals surface area contributed by atoms with Crippen LogP contribution in [0.4, 0.5) is 5.69 Å². The zero-order valence-electron chi connectivity index (χ0n) is 14.0. The summed E-state index contributed by atoms with van der Waals surface area (Å²) in [5.41, 5.74) is 1.23. The van der Waals surface area contributed by atoms with E-state index in [0.717, 1.165) is 44.2 Å². The molecule has 6 heteroatoms. The van der Waals surface area contributed by atoms with E-state index in [9.17, 15) is 9.59 Å². The van der Waals surface area contributed by atoms with E-state index in [-0.39, 0.29) is 23.9 Å². The second kappa shape index (κ2) is 5.27. The Labute approximate surface area is 152 Å². The Morgan fingerprint density at radius 3 is 2.72 bits per heavy atom. The van der Waals surface area contributed by atoms with Gasteiger partial charge in [0, 0.05) is 18.3 Å². The van der Waals surface area contributed by atoms with Crippen molar-refractivity contribution in [3.63, 3.8) is 0 Å². The van der Waals surface area contributed by atoms with E-state index in [2.05, 4.69) is 22.3 Å². The molecule has 3 fully saturated rings. The minimum absolute atomic E-state index is 0.0739. The number of nitrogens with zero attached hydrogens (tertiary/aromatic N) is 2. The lowest BCUT2D eigenvalue weighted by Gasteiger charge is -2.54. The SMILES string of the molecule is O=C1NC(=S)N(C2CC2)C(=O)[C@]12Cc1ccccc1N1CCCC[C@@H]12. The van der Waals surface area contributed by atoms with Crippen LogP contribution < -0.4 is 10.2 Å². The van der Waals surface area contributed by atoms with Gasteiger partial charge in [-0.05, 0) is 62.4 Å². The number of carbonyl (C=O) groups excluding carboxylic acids is 2. The van der Waals surface area contributed by atoms with Gasteiger partial charge in [-0.2, -0.15) is 0 Å². The highest BCUT2D eigenvalue weighted by molar-refractivity contribution is 7.80. The topological polar surface area (TPSA) is 52.7 Å². The Bertz CT molecular complexity index is 791. The number of thiocarbonyl (C=S) groups is 1. The maximum absolute atomic E-state index is 13.6. The Hall–Kier alpha value is -1.95. The maximum atomic E-state index is 13.6. The van der Waals surface area contributed by atoms with Gasteiger partial charge in [0.2, 0.25) is 11.8 Å². The normalized spacial score (nSPS) is 31.7. The van der Waals surface area contributed by atoms with E-state index in [1.807, 2.05) is 12.1 Å². The summed E-state index contributed by atoms with van der Waals surface area (Å²) in [5, 5.41) is 3.17. The van der Waals surface area contributed by atoms with Crippen LogP contribution in [-0.2, 0) is 16.0 Å². The first-order valence-corrected chi connectivity index (χ1v) is 9.57. The van der Waals surface area contributed by atoms with Gasteiger partial charge in [-0.3, -0.25) is 14.5 Å². The number of rotatable bonds is 1. The summed E-state index contributed by atoms with van der Waals surface area (Å²) in [6.07, 6.45) is 5.45. The number of amides is 2. The molecule has 1 aromatic rings. The van der Waals surface area contributed by atoms with Gasteiger partial charge >= 0.3 is 0 Å². The van der Waals surface area contributed by atoms with Crippen LogP contribution >= 0.6 is 12.2 Å². The first kappa shape index (κ1) is 15.3. The lowest BCUT2D eigenvalue weighted by Crippen LogP contribution is -2.72. The summed E-state index contributed by atoms with van der Waals surface area (Å²) < 4.78 is 0. The molecular formula is C19H21N3O2S. The maximum Gasteiger partial charge on any atom is 0.247 e. The number of carbonyl (C=O) groups is 2. The molecule has 3 heterocycles. The highest BCUT2D eigenvalue weighted by Crippen LogP contribution is 2.48.